The van der Waals surface area contributed by atoms with E-state index in [0.717, 1.165) is 22.8 Å². The Hall–Kier alpha value is -2.86. The zero-order valence-corrected chi connectivity index (χ0v) is 17.5. The Morgan fingerprint density at radius 1 is 1.24 bits per heavy atom. The Kier molecular flexibility index (Phi) is 6.88. The molecule has 0 bridgehead atoms. The Balaban J connectivity index is 2.00. The summed E-state index contributed by atoms with van der Waals surface area (Å²) in [5.74, 6) is 0.168. The third kappa shape index (κ3) is 4.77. The first-order valence-corrected chi connectivity index (χ1v) is 10.6. The van der Waals surface area contributed by atoms with Crippen LogP contribution < -0.4 is 0 Å². The third-order valence-corrected chi connectivity index (χ3v) is 5.58. The van der Waals surface area contributed by atoms with E-state index >= 15 is 0 Å². The van der Waals surface area contributed by atoms with Gasteiger partial charge in [0, 0.05) is 16.5 Å². The molecule has 1 N–H and O–H groups in total. The molecule has 1 heterocycles. The fourth-order valence-electron chi connectivity index (χ4n) is 3.40. The number of phenols is 1. The van der Waals surface area contributed by atoms with Crippen LogP contribution in [-0.2, 0) is 16.1 Å². The van der Waals surface area contributed by atoms with Crippen molar-refractivity contribution in [2.75, 3.05) is 0 Å². The highest BCUT2D eigenvalue weighted by molar-refractivity contribution is 7.08. The maximum Gasteiger partial charge on any atom is 0.303 e. The molecule has 3 aromatic rings. The van der Waals surface area contributed by atoms with Crippen molar-refractivity contribution in [1.82, 2.24) is 0 Å². The second-order valence-electron chi connectivity index (χ2n) is 6.95. The van der Waals surface area contributed by atoms with Gasteiger partial charge in [0.05, 0.1) is 17.0 Å². The molecular weight excluding hydrogens is 381 g/mol. The average molecular weight is 405 g/mol. The topological polar surface area (TPSA) is 58.9 Å². The molecule has 0 saturated carbocycles. The lowest BCUT2D eigenvalue weighted by atomic mass is 9.42. The number of hydrogen-bond donors (Lipinski definition) is 1. The lowest BCUT2D eigenvalue weighted by Crippen LogP contribution is -2.28. The molecule has 29 heavy (non-hydrogen) atoms. The van der Waals surface area contributed by atoms with Crippen LogP contribution in [0.2, 0.25) is 6.32 Å². The summed E-state index contributed by atoms with van der Waals surface area (Å²) in [4.78, 5) is 16.6. The molecule has 6 heteroatoms. The molecule has 2 aromatic carbocycles. The third-order valence-electron chi connectivity index (χ3n) is 4.90. The van der Waals surface area contributed by atoms with Crippen molar-refractivity contribution in [1.29, 1.82) is 0 Å². The Bertz CT molecular complexity index is 1040. The van der Waals surface area contributed by atoms with E-state index in [1.165, 1.54) is 0 Å². The minimum atomic E-state index is -0.400. The number of benzene rings is 2. The first-order chi connectivity index (χ1) is 14.0. The number of carbonyl (C=O) groups is 1. The van der Waals surface area contributed by atoms with Crippen molar-refractivity contribution in [3.8, 4) is 5.75 Å². The summed E-state index contributed by atoms with van der Waals surface area (Å²) in [5.41, 5.74) is 2.67. The van der Waals surface area contributed by atoms with Crippen LogP contribution in [0.4, 0.5) is 0 Å². The van der Waals surface area contributed by atoms with E-state index in [-0.39, 0.29) is 18.0 Å². The standard InChI is InChI=1S/C23H24BNO3S/c1-4-10-24(16(2)26)23(22(25-3)19-9-11-29-15-19)28-14-20-12-17-7-5-6-8-18(17)13-21(20)27/h5-9,11-13,15,27H,3-4,10,14H2,1-2H3/b23-22-. The minimum absolute atomic E-state index is 0.0287. The number of aliphatic imine (C=N–C) groups is 1. The zero-order valence-electron chi connectivity index (χ0n) is 16.7. The van der Waals surface area contributed by atoms with Gasteiger partial charge in [0.25, 0.3) is 0 Å². The highest BCUT2D eigenvalue weighted by Gasteiger charge is 2.29. The Labute approximate surface area is 175 Å². The number of nitrogens with zero attached hydrogens (tertiary/aromatic N) is 1. The number of carbonyl (C=O) groups excluding carboxylic acids is 1. The quantitative estimate of drug-likeness (QED) is 0.280. The van der Waals surface area contributed by atoms with Crippen molar-refractivity contribution in [2.24, 2.45) is 4.99 Å². The number of hydrogen-bond acceptors (Lipinski definition) is 5. The number of rotatable bonds is 9. The van der Waals surface area contributed by atoms with Gasteiger partial charge in [-0.25, -0.2) is 0 Å². The van der Waals surface area contributed by atoms with Gasteiger partial charge in [0.2, 0.25) is 0 Å². The average Bonchev–Trinajstić information content (AvgIpc) is 3.24. The molecule has 148 valence electrons. The molecule has 0 unspecified atom stereocenters. The van der Waals surface area contributed by atoms with Gasteiger partial charge in [-0.2, -0.15) is 11.3 Å². The van der Waals surface area contributed by atoms with E-state index in [4.69, 9.17) is 4.74 Å². The zero-order chi connectivity index (χ0) is 20.8. The smallest absolute Gasteiger partial charge is 0.303 e. The first kappa shape index (κ1) is 20.9. The molecule has 1 aromatic heterocycles. The van der Waals surface area contributed by atoms with E-state index in [9.17, 15) is 9.90 Å². The summed E-state index contributed by atoms with van der Waals surface area (Å²) >= 11 is 1.55. The van der Waals surface area contributed by atoms with Gasteiger partial charge in [-0.3, -0.25) is 4.99 Å². The fourth-order valence-corrected chi connectivity index (χ4v) is 4.04. The lowest BCUT2D eigenvalue weighted by Gasteiger charge is -2.19. The molecule has 0 saturated heterocycles. The highest BCUT2D eigenvalue weighted by Crippen LogP contribution is 2.30. The summed E-state index contributed by atoms with van der Waals surface area (Å²) < 4.78 is 6.18. The summed E-state index contributed by atoms with van der Waals surface area (Å²) in [6, 6.07) is 13.4. The van der Waals surface area contributed by atoms with Crippen LogP contribution in [0.5, 0.6) is 5.75 Å². The summed E-state index contributed by atoms with van der Waals surface area (Å²) in [6.07, 6.45) is 1.50. The van der Waals surface area contributed by atoms with E-state index in [1.54, 1.807) is 24.3 Å². The van der Waals surface area contributed by atoms with Crippen molar-refractivity contribution in [2.45, 2.75) is 33.2 Å². The number of fused-ring (bicyclic) bond motifs is 1. The molecule has 0 aliphatic heterocycles. The van der Waals surface area contributed by atoms with Crippen LogP contribution in [0, 0.1) is 0 Å². The maximum absolute atomic E-state index is 12.4. The summed E-state index contributed by atoms with van der Waals surface area (Å²) in [7, 11) is 0. The van der Waals surface area contributed by atoms with Crippen molar-refractivity contribution in [3.05, 3.63) is 70.0 Å². The van der Waals surface area contributed by atoms with Gasteiger partial charge in [-0.05, 0) is 48.0 Å². The second-order valence-corrected chi connectivity index (χ2v) is 7.73. The fraction of sp³-hybridized carbons (Fsp3) is 0.217. The SMILES string of the molecule is C=N/C(=C(\OCc1cc2ccccc2cc1O)B(CCC)C(C)=O)c1ccsc1. The number of ether oxygens (including phenoxy) is 1. The van der Waals surface area contributed by atoms with Gasteiger partial charge < -0.3 is 14.6 Å². The number of phenolic OH excluding ortho intramolecular Hbond substituents is 1. The van der Waals surface area contributed by atoms with Crippen LogP contribution in [0.3, 0.4) is 0 Å². The Morgan fingerprint density at radius 3 is 2.55 bits per heavy atom. The highest BCUT2D eigenvalue weighted by atomic mass is 32.1. The summed E-state index contributed by atoms with van der Waals surface area (Å²) in [6.45, 7) is 7.06. The molecule has 0 aliphatic rings. The van der Waals surface area contributed by atoms with Crippen molar-refractivity contribution in [3.63, 3.8) is 0 Å². The summed E-state index contributed by atoms with van der Waals surface area (Å²) in [5, 5.41) is 16.4. The van der Waals surface area contributed by atoms with Crippen LogP contribution in [0.1, 0.15) is 31.4 Å². The van der Waals surface area contributed by atoms with Crippen LogP contribution in [0.25, 0.3) is 16.5 Å². The normalized spacial score (nSPS) is 11.8. The lowest BCUT2D eigenvalue weighted by molar-refractivity contribution is -0.110. The molecule has 3 rings (SSSR count). The molecule has 0 atom stereocenters. The van der Waals surface area contributed by atoms with Gasteiger partial charge in [-0.15, -0.1) is 0 Å². The van der Waals surface area contributed by atoms with Crippen LogP contribution in [-0.4, -0.2) is 24.2 Å². The minimum Gasteiger partial charge on any atom is -0.508 e. The van der Waals surface area contributed by atoms with Gasteiger partial charge >= 0.3 is 6.71 Å². The predicted octanol–water partition coefficient (Wildman–Crippen LogP) is 5.77. The van der Waals surface area contributed by atoms with Crippen LogP contribution in [0.15, 0.2) is 63.9 Å². The Morgan fingerprint density at radius 2 is 1.97 bits per heavy atom. The molecule has 0 radical (unpaired) electrons. The number of thiophene rings is 1. The van der Waals surface area contributed by atoms with Gasteiger partial charge in [-0.1, -0.05) is 43.9 Å². The molecule has 0 spiro atoms. The van der Waals surface area contributed by atoms with Crippen LogP contribution >= 0.6 is 11.3 Å². The van der Waals surface area contributed by atoms with Crippen molar-refractivity contribution < 1.29 is 14.6 Å². The molecule has 0 fully saturated rings. The molecule has 0 aliphatic carbocycles. The largest absolute Gasteiger partial charge is 0.508 e. The first-order valence-electron chi connectivity index (χ1n) is 9.62. The van der Waals surface area contributed by atoms with Gasteiger partial charge in [0.1, 0.15) is 12.4 Å². The predicted molar refractivity (Wildman–Crippen MR) is 123 cm³/mol. The van der Waals surface area contributed by atoms with E-state index < -0.39 is 6.71 Å². The van der Waals surface area contributed by atoms with E-state index in [0.29, 0.717) is 23.2 Å². The van der Waals surface area contributed by atoms with E-state index in [2.05, 4.69) is 11.7 Å². The monoisotopic (exact) mass is 405 g/mol. The van der Waals surface area contributed by atoms with E-state index in [1.807, 2.05) is 54.1 Å². The van der Waals surface area contributed by atoms with Crippen molar-refractivity contribution >= 4 is 46.9 Å². The molecular formula is C23H24BNO3S. The van der Waals surface area contributed by atoms with Gasteiger partial charge in [0.15, 0.2) is 0 Å². The second kappa shape index (κ2) is 9.57. The number of aromatic hydroxyl groups is 1. The molecule has 4 nitrogen and oxygen atoms in total. The molecule has 0 amide bonds. The maximum atomic E-state index is 12.4.